The van der Waals surface area contributed by atoms with Crippen molar-refractivity contribution in [2.45, 2.75) is 17.8 Å². The maximum Gasteiger partial charge on any atom is 0.196 e. The van der Waals surface area contributed by atoms with Crippen LogP contribution in [0.2, 0.25) is 0 Å². The fourth-order valence-corrected chi connectivity index (χ4v) is 3.39. The smallest absolute Gasteiger partial charge is 0.196 e. The molecule has 0 fully saturated rings. The minimum Gasteiger partial charge on any atom is -0.341 e. The molecule has 1 N–H and O–H groups in total. The van der Waals surface area contributed by atoms with Crippen molar-refractivity contribution in [3.8, 4) is 5.69 Å². The van der Waals surface area contributed by atoms with E-state index in [-0.39, 0.29) is 0 Å². The molecule has 0 saturated carbocycles. The number of benzene rings is 2. The Morgan fingerprint density at radius 2 is 1.78 bits per heavy atom. The zero-order valence-electron chi connectivity index (χ0n) is 12.6. The molecule has 4 rings (SSSR count). The van der Waals surface area contributed by atoms with Crippen LogP contribution in [0, 0.1) is 6.92 Å². The fraction of sp³-hybridized carbons (Fsp3) is 0.118. The van der Waals surface area contributed by atoms with E-state index in [0.717, 1.165) is 39.3 Å². The SMILES string of the molecule is Cc1nnc(SCc2nc3ccccc3[nH]2)n1-c1ccccc1. The fourth-order valence-electron chi connectivity index (χ4n) is 2.52. The molecule has 5 nitrogen and oxygen atoms in total. The lowest BCUT2D eigenvalue weighted by Gasteiger charge is -2.07. The van der Waals surface area contributed by atoms with Gasteiger partial charge in [-0.2, -0.15) is 0 Å². The third-order valence-corrected chi connectivity index (χ3v) is 4.53. The summed E-state index contributed by atoms with van der Waals surface area (Å²) in [5, 5.41) is 9.37. The molecule has 0 unspecified atom stereocenters. The Morgan fingerprint density at radius 1 is 1.00 bits per heavy atom. The van der Waals surface area contributed by atoms with E-state index in [1.807, 2.05) is 49.4 Å². The van der Waals surface area contributed by atoms with Gasteiger partial charge in [0.15, 0.2) is 5.16 Å². The molecule has 2 aromatic carbocycles. The molecule has 0 atom stereocenters. The number of hydrogen-bond donors (Lipinski definition) is 1. The summed E-state index contributed by atoms with van der Waals surface area (Å²) in [5.41, 5.74) is 3.12. The van der Waals surface area contributed by atoms with Gasteiger partial charge in [-0.15, -0.1) is 10.2 Å². The number of H-pyrrole nitrogens is 1. The minimum atomic E-state index is 0.722. The molecule has 2 aromatic heterocycles. The molecule has 0 saturated heterocycles. The van der Waals surface area contributed by atoms with Crippen LogP contribution in [-0.4, -0.2) is 24.7 Å². The number of aryl methyl sites for hydroxylation is 1. The van der Waals surface area contributed by atoms with Gasteiger partial charge in [-0.25, -0.2) is 4.98 Å². The van der Waals surface area contributed by atoms with Crippen LogP contribution in [-0.2, 0) is 5.75 Å². The highest BCUT2D eigenvalue weighted by molar-refractivity contribution is 7.98. The van der Waals surface area contributed by atoms with Crippen LogP contribution in [0.5, 0.6) is 0 Å². The predicted molar refractivity (Wildman–Crippen MR) is 91.8 cm³/mol. The van der Waals surface area contributed by atoms with E-state index < -0.39 is 0 Å². The highest BCUT2D eigenvalue weighted by Gasteiger charge is 2.12. The van der Waals surface area contributed by atoms with Gasteiger partial charge in [0, 0.05) is 5.69 Å². The van der Waals surface area contributed by atoms with Gasteiger partial charge >= 0.3 is 0 Å². The lowest BCUT2D eigenvalue weighted by atomic mass is 10.3. The number of aromatic amines is 1. The summed E-state index contributed by atoms with van der Waals surface area (Å²) in [6.45, 7) is 1.96. The summed E-state index contributed by atoms with van der Waals surface area (Å²) in [5.74, 6) is 2.54. The van der Waals surface area contributed by atoms with Crippen molar-refractivity contribution in [3.05, 3.63) is 66.2 Å². The standard InChI is InChI=1S/C17H15N5S/c1-12-20-21-17(22(12)13-7-3-2-4-8-13)23-11-16-18-14-9-5-6-10-15(14)19-16/h2-10H,11H2,1H3,(H,18,19). The molecule has 0 spiro atoms. The minimum absolute atomic E-state index is 0.722. The molecule has 0 aliphatic heterocycles. The highest BCUT2D eigenvalue weighted by atomic mass is 32.2. The normalized spacial score (nSPS) is 11.2. The van der Waals surface area contributed by atoms with Crippen LogP contribution in [0.1, 0.15) is 11.6 Å². The predicted octanol–water partition coefficient (Wildman–Crippen LogP) is 3.74. The van der Waals surface area contributed by atoms with Crippen molar-refractivity contribution in [1.29, 1.82) is 0 Å². The van der Waals surface area contributed by atoms with E-state index in [2.05, 4.69) is 36.9 Å². The third-order valence-electron chi connectivity index (χ3n) is 3.59. The molecule has 6 heteroatoms. The zero-order valence-corrected chi connectivity index (χ0v) is 13.4. The average Bonchev–Trinajstić information content (AvgIpc) is 3.16. The number of nitrogens with one attached hydrogen (secondary N) is 1. The van der Waals surface area contributed by atoms with Crippen molar-refractivity contribution < 1.29 is 0 Å². The molecule has 0 amide bonds. The van der Waals surface area contributed by atoms with Crippen molar-refractivity contribution >= 4 is 22.8 Å². The van der Waals surface area contributed by atoms with Crippen LogP contribution in [0.4, 0.5) is 0 Å². The Morgan fingerprint density at radius 3 is 2.61 bits per heavy atom. The topological polar surface area (TPSA) is 59.4 Å². The molecule has 2 heterocycles. The number of hydrogen-bond acceptors (Lipinski definition) is 4. The van der Waals surface area contributed by atoms with Gasteiger partial charge in [0.25, 0.3) is 0 Å². The number of thioether (sulfide) groups is 1. The second-order valence-corrected chi connectivity index (χ2v) is 6.13. The Bertz CT molecular complexity index is 909. The second kappa shape index (κ2) is 5.89. The number of nitrogens with zero attached hydrogens (tertiary/aromatic N) is 4. The van der Waals surface area contributed by atoms with Crippen molar-refractivity contribution in [1.82, 2.24) is 24.7 Å². The Balaban J connectivity index is 1.60. The van der Waals surface area contributed by atoms with Crippen LogP contribution in [0.25, 0.3) is 16.7 Å². The van der Waals surface area contributed by atoms with Gasteiger partial charge < -0.3 is 4.98 Å². The maximum absolute atomic E-state index is 4.60. The van der Waals surface area contributed by atoms with Crippen LogP contribution >= 0.6 is 11.8 Å². The number of imidazole rings is 1. The first-order valence-electron chi connectivity index (χ1n) is 7.35. The molecular formula is C17H15N5S. The Kier molecular flexibility index (Phi) is 3.59. The van der Waals surface area contributed by atoms with Crippen molar-refractivity contribution in [2.75, 3.05) is 0 Å². The van der Waals surface area contributed by atoms with Crippen molar-refractivity contribution in [3.63, 3.8) is 0 Å². The first-order chi connectivity index (χ1) is 11.3. The van der Waals surface area contributed by atoms with Crippen LogP contribution in [0.15, 0.2) is 59.8 Å². The average molecular weight is 321 g/mol. The Hall–Kier alpha value is -2.60. The molecular weight excluding hydrogens is 306 g/mol. The summed E-state index contributed by atoms with van der Waals surface area (Å²) >= 11 is 1.63. The van der Waals surface area contributed by atoms with E-state index in [9.17, 15) is 0 Å². The first-order valence-corrected chi connectivity index (χ1v) is 8.34. The number of fused-ring (bicyclic) bond motifs is 1. The summed E-state index contributed by atoms with van der Waals surface area (Å²) in [6, 6.07) is 18.2. The van der Waals surface area contributed by atoms with E-state index >= 15 is 0 Å². The summed E-state index contributed by atoms with van der Waals surface area (Å²) < 4.78 is 2.06. The molecule has 114 valence electrons. The largest absolute Gasteiger partial charge is 0.341 e. The lowest BCUT2D eigenvalue weighted by molar-refractivity contribution is 0.867. The van der Waals surface area contributed by atoms with Crippen molar-refractivity contribution in [2.24, 2.45) is 0 Å². The molecule has 0 aliphatic rings. The van der Waals surface area contributed by atoms with Gasteiger partial charge in [-0.3, -0.25) is 4.57 Å². The van der Waals surface area contributed by atoms with Crippen LogP contribution in [0.3, 0.4) is 0 Å². The van der Waals surface area contributed by atoms with Gasteiger partial charge in [0.2, 0.25) is 0 Å². The third kappa shape index (κ3) is 2.73. The van der Waals surface area contributed by atoms with Gasteiger partial charge in [-0.05, 0) is 31.2 Å². The summed E-state index contributed by atoms with van der Waals surface area (Å²) in [4.78, 5) is 7.95. The Labute approximate surface area is 137 Å². The molecule has 0 radical (unpaired) electrons. The van der Waals surface area contributed by atoms with Gasteiger partial charge in [-0.1, -0.05) is 42.1 Å². The molecule has 0 bridgehead atoms. The van der Waals surface area contributed by atoms with Crippen LogP contribution < -0.4 is 0 Å². The number of para-hydroxylation sites is 3. The van der Waals surface area contributed by atoms with E-state index in [4.69, 9.17) is 0 Å². The summed E-state index contributed by atoms with van der Waals surface area (Å²) in [6.07, 6.45) is 0. The number of aromatic nitrogens is 5. The van der Waals surface area contributed by atoms with Gasteiger partial charge in [0.1, 0.15) is 11.6 Å². The van der Waals surface area contributed by atoms with E-state index in [1.165, 1.54) is 0 Å². The van der Waals surface area contributed by atoms with Gasteiger partial charge in [0.05, 0.1) is 16.8 Å². The number of rotatable bonds is 4. The monoisotopic (exact) mass is 321 g/mol. The summed E-state index contributed by atoms with van der Waals surface area (Å²) in [7, 11) is 0. The lowest BCUT2D eigenvalue weighted by Crippen LogP contribution is -1.99. The maximum atomic E-state index is 4.60. The first kappa shape index (κ1) is 14.0. The zero-order chi connectivity index (χ0) is 15.6. The van der Waals surface area contributed by atoms with E-state index in [0.29, 0.717) is 0 Å². The highest BCUT2D eigenvalue weighted by Crippen LogP contribution is 2.25. The second-order valence-electron chi connectivity index (χ2n) is 5.19. The quantitative estimate of drug-likeness (QED) is 0.582. The molecule has 23 heavy (non-hydrogen) atoms. The molecule has 0 aliphatic carbocycles. The van der Waals surface area contributed by atoms with E-state index in [1.54, 1.807) is 11.8 Å². The molecule has 4 aromatic rings.